The second-order valence-corrected chi connectivity index (χ2v) is 7.51. The molecule has 3 N–H and O–H groups in total. The Labute approximate surface area is 165 Å². The zero-order chi connectivity index (χ0) is 18.1. The monoisotopic (exact) mass is 390 g/mol. The van der Waals surface area contributed by atoms with Crippen LogP contribution in [0.2, 0.25) is 0 Å². The SMILES string of the molecule is COc1cn(-c2ccccc2)nc1C(=O)NC1C2CCCC1CC(N)C2.Cl. The van der Waals surface area contributed by atoms with Gasteiger partial charge in [0.05, 0.1) is 19.0 Å². The van der Waals surface area contributed by atoms with Gasteiger partial charge >= 0.3 is 0 Å². The number of para-hydroxylation sites is 1. The maximum atomic E-state index is 13.0. The van der Waals surface area contributed by atoms with Gasteiger partial charge in [0.25, 0.3) is 5.91 Å². The van der Waals surface area contributed by atoms with Crippen LogP contribution in [0.4, 0.5) is 0 Å². The maximum absolute atomic E-state index is 13.0. The molecule has 0 aliphatic heterocycles. The van der Waals surface area contributed by atoms with E-state index in [2.05, 4.69) is 10.4 Å². The molecule has 2 aliphatic carbocycles. The lowest BCUT2D eigenvalue weighted by atomic mass is 9.67. The summed E-state index contributed by atoms with van der Waals surface area (Å²) in [4.78, 5) is 13.0. The number of nitrogens with one attached hydrogen (secondary N) is 1. The number of halogens is 1. The molecule has 0 spiro atoms. The summed E-state index contributed by atoms with van der Waals surface area (Å²) in [6, 6.07) is 10.2. The third-order valence-electron chi connectivity index (χ3n) is 5.81. The molecule has 27 heavy (non-hydrogen) atoms. The maximum Gasteiger partial charge on any atom is 0.275 e. The average molecular weight is 391 g/mol. The molecule has 1 amide bonds. The number of carbonyl (C=O) groups is 1. The van der Waals surface area contributed by atoms with Crippen LogP contribution in [0.1, 0.15) is 42.6 Å². The predicted octanol–water partition coefficient (Wildman–Crippen LogP) is 2.94. The lowest BCUT2D eigenvalue weighted by Crippen LogP contribution is -2.53. The van der Waals surface area contributed by atoms with E-state index in [1.807, 2.05) is 30.3 Å². The second kappa shape index (κ2) is 8.31. The molecule has 146 valence electrons. The number of nitrogens with two attached hydrogens (primary N) is 1. The van der Waals surface area contributed by atoms with Crippen molar-refractivity contribution in [3.8, 4) is 11.4 Å². The van der Waals surface area contributed by atoms with E-state index in [1.165, 1.54) is 6.42 Å². The van der Waals surface area contributed by atoms with Gasteiger partial charge in [0.15, 0.2) is 11.4 Å². The smallest absolute Gasteiger partial charge is 0.275 e. The van der Waals surface area contributed by atoms with Crippen LogP contribution in [0.25, 0.3) is 5.69 Å². The highest BCUT2D eigenvalue weighted by atomic mass is 35.5. The Hall–Kier alpha value is -2.05. The Balaban J connectivity index is 0.00000210. The Kier molecular flexibility index (Phi) is 6.07. The molecule has 2 fully saturated rings. The summed E-state index contributed by atoms with van der Waals surface area (Å²) < 4.78 is 7.09. The first kappa shape index (κ1) is 19.7. The number of nitrogens with zero attached hydrogens (tertiary/aromatic N) is 2. The van der Waals surface area contributed by atoms with Gasteiger partial charge in [-0.3, -0.25) is 4.79 Å². The number of carbonyl (C=O) groups excluding carboxylic acids is 1. The van der Waals surface area contributed by atoms with Gasteiger partial charge in [-0.2, -0.15) is 5.10 Å². The highest BCUT2D eigenvalue weighted by Crippen LogP contribution is 2.39. The van der Waals surface area contributed by atoms with Crippen LogP contribution < -0.4 is 15.8 Å². The molecular weight excluding hydrogens is 364 g/mol. The number of benzene rings is 1. The van der Waals surface area contributed by atoms with Crippen molar-refractivity contribution >= 4 is 18.3 Å². The van der Waals surface area contributed by atoms with Crippen molar-refractivity contribution in [3.63, 3.8) is 0 Å². The molecule has 7 heteroatoms. The van der Waals surface area contributed by atoms with E-state index in [0.717, 1.165) is 31.4 Å². The van der Waals surface area contributed by atoms with E-state index in [4.69, 9.17) is 10.5 Å². The molecule has 0 saturated heterocycles. The van der Waals surface area contributed by atoms with Gasteiger partial charge in [0, 0.05) is 12.1 Å². The molecule has 1 aromatic heterocycles. The molecule has 0 radical (unpaired) electrons. The third kappa shape index (κ3) is 3.96. The quantitative estimate of drug-likeness (QED) is 0.840. The molecule has 2 bridgehead atoms. The van der Waals surface area contributed by atoms with Crippen LogP contribution in [0.5, 0.6) is 5.75 Å². The van der Waals surface area contributed by atoms with Crippen molar-refractivity contribution < 1.29 is 9.53 Å². The molecule has 1 heterocycles. The van der Waals surface area contributed by atoms with E-state index in [1.54, 1.807) is 18.0 Å². The van der Waals surface area contributed by atoms with Gasteiger partial charge in [0.1, 0.15) is 0 Å². The number of methoxy groups -OCH3 is 1. The number of aromatic nitrogens is 2. The van der Waals surface area contributed by atoms with Gasteiger partial charge < -0.3 is 15.8 Å². The molecule has 2 aromatic rings. The zero-order valence-corrected chi connectivity index (χ0v) is 16.3. The average Bonchev–Trinajstić information content (AvgIpc) is 3.08. The van der Waals surface area contributed by atoms with Crippen molar-refractivity contribution in [2.75, 3.05) is 7.11 Å². The number of hydrogen-bond donors (Lipinski definition) is 2. The molecule has 1 aromatic carbocycles. The minimum atomic E-state index is -0.158. The zero-order valence-electron chi connectivity index (χ0n) is 15.5. The first-order valence-corrected chi connectivity index (χ1v) is 9.41. The Morgan fingerprint density at radius 3 is 2.52 bits per heavy atom. The molecule has 6 nitrogen and oxygen atoms in total. The second-order valence-electron chi connectivity index (χ2n) is 7.51. The van der Waals surface area contributed by atoms with Crippen LogP contribution in [0.3, 0.4) is 0 Å². The minimum Gasteiger partial charge on any atom is -0.493 e. The molecular formula is C20H27ClN4O2. The summed E-state index contributed by atoms with van der Waals surface area (Å²) in [5, 5.41) is 7.73. The predicted molar refractivity (Wildman–Crippen MR) is 107 cm³/mol. The van der Waals surface area contributed by atoms with Crippen molar-refractivity contribution in [1.29, 1.82) is 0 Å². The molecule has 2 unspecified atom stereocenters. The van der Waals surface area contributed by atoms with E-state index < -0.39 is 0 Å². The molecule has 4 rings (SSSR count). The minimum absolute atomic E-state index is 0. The van der Waals surface area contributed by atoms with Gasteiger partial charge in [0.2, 0.25) is 0 Å². The summed E-state index contributed by atoms with van der Waals surface area (Å²) in [7, 11) is 1.57. The summed E-state index contributed by atoms with van der Waals surface area (Å²) >= 11 is 0. The number of hydrogen-bond acceptors (Lipinski definition) is 4. The summed E-state index contributed by atoms with van der Waals surface area (Å²) in [5.41, 5.74) is 7.43. The lowest BCUT2D eigenvalue weighted by molar-refractivity contribution is 0.0749. The van der Waals surface area contributed by atoms with E-state index in [-0.39, 0.29) is 30.4 Å². The van der Waals surface area contributed by atoms with Gasteiger partial charge in [-0.1, -0.05) is 24.6 Å². The molecule has 2 saturated carbocycles. The number of rotatable bonds is 4. The summed E-state index contributed by atoms with van der Waals surface area (Å²) in [6.45, 7) is 0. The van der Waals surface area contributed by atoms with Crippen molar-refractivity contribution in [3.05, 3.63) is 42.2 Å². The van der Waals surface area contributed by atoms with Crippen LogP contribution >= 0.6 is 12.4 Å². The highest BCUT2D eigenvalue weighted by molar-refractivity contribution is 5.95. The first-order valence-electron chi connectivity index (χ1n) is 9.41. The molecule has 2 aliphatic rings. The van der Waals surface area contributed by atoms with Crippen LogP contribution in [-0.2, 0) is 0 Å². The standard InChI is InChI=1S/C20H26N4O2.ClH/c1-26-17-12-24(16-8-3-2-4-9-16)23-19(17)20(25)22-18-13-6-5-7-14(18)11-15(21)10-13;/h2-4,8-9,12-15,18H,5-7,10-11,21H2,1H3,(H,22,25);1H. The number of ether oxygens (including phenoxy) is 1. The van der Waals surface area contributed by atoms with Gasteiger partial charge in [-0.05, 0) is 49.7 Å². The van der Waals surface area contributed by atoms with Gasteiger partial charge in [-0.15, -0.1) is 12.4 Å². The highest BCUT2D eigenvalue weighted by Gasteiger charge is 2.40. The lowest BCUT2D eigenvalue weighted by Gasteiger charge is -2.45. The summed E-state index contributed by atoms with van der Waals surface area (Å²) in [5.74, 6) is 1.28. The first-order chi connectivity index (χ1) is 12.7. The Morgan fingerprint density at radius 2 is 1.89 bits per heavy atom. The van der Waals surface area contributed by atoms with Crippen molar-refractivity contribution in [2.24, 2.45) is 17.6 Å². The molecule has 2 atom stereocenters. The summed E-state index contributed by atoms with van der Waals surface area (Å²) in [6.07, 6.45) is 7.27. The van der Waals surface area contributed by atoms with E-state index in [9.17, 15) is 4.79 Å². The van der Waals surface area contributed by atoms with Crippen LogP contribution in [-0.4, -0.2) is 34.9 Å². The number of amides is 1. The fourth-order valence-corrected chi connectivity index (χ4v) is 4.62. The van der Waals surface area contributed by atoms with Gasteiger partial charge in [-0.25, -0.2) is 4.68 Å². The largest absolute Gasteiger partial charge is 0.493 e. The third-order valence-corrected chi connectivity index (χ3v) is 5.81. The van der Waals surface area contributed by atoms with Crippen LogP contribution in [0.15, 0.2) is 36.5 Å². The van der Waals surface area contributed by atoms with Crippen LogP contribution in [0, 0.1) is 11.8 Å². The fraction of sp³-hybridized carbons (Fsp3) is 0.500. The number of fused-ring (bicyclic) bond motifs is 2. The Morgan fingerprint density at radius 1 is 1.22 bits per heavy atom. The van der Waals surface area contributed by atoms with Crippen molar-refractivity contribution in [2.45, 2.75) is 44.2 Å². The van der Waals surface area contributed by atoms with Crippen molar-refractivity contribution in [1.82, 2.24) is 15.1 Å². The topological polar surface area (TPSA) is 82.2 Å². The fourth-order valence-electron chi connectivity index (χ4n) is 4.62. The van der Waals surface area contributed by atoms with E-state index >= 15 is 0 Å². The Bertz CT molecular complexity index is 766. The normalized spacial score (nSPS) is 26.7. The van der Waals surface area contributed by atoms with E-state index in [0.29, 0.717) is 23.3 Å².